The second kappa shape index (κ2) is 10.6. The lowest BCUT2D eigenvalue weighted by Crippen LogP contribution is -2.50. The van der Waals surface area contributed by atoms with Gasteiger partial charge in [-0.05, 0) is 46.0 Å². The van der Waals surface area contributed by atoms with Gasteiger partial charge in [0.05, 0.1) is 6.04 Å². The summed E-state index contributed by atoms with van der Waals surface area (Å²) in [5.41, 5.74) is 5.49. The number of nitrogens with two attached hydrogens (primary N) is 1. The molecule has 1 saturated heterocycles. The molecule has 28 heavy (non-hydrogen) atoms. The van der Waals surface area contributed by atoms with Crippen LogP contribution >= 0.6 is 0 Å². The summed E-state index contributed by atoms with van der Waals surface area (Å²) in [6.07, 6.45) is 1.70. The van der Waals surface area contributed by atoms with Crippen LogP contribution in [0.2, 0.25) is 0 Å². The molecule has 0 saturated carbocycles. The van der Waals surface area contributed by atoms with Gasteiger partial charge in [0.1, 0.15) is 18.2 Å². The van der Waals surface area contributed by atoms with Gasteiger partial charge in [-0.25, -0.2) is 9.59 Å². The van der Waals surface area contributed by atoms with Gasteiger partial charge < -0.3 is 25.6 Å². The molecule has 0 radical (unpaired) electrons. The van der Waals surface area contributed by atoms with Crippen LogP contribution in [-0.2, 0) is 19.1 Å². The Hall–Kier alpha value is -1.87. The number of hydrogen-bond acceptors (Lipinski definition) is 6. The van der Waals surface area contributed by atoms with Gasteiger partial charge in [-0.1, -0.05) is 13.3 Å². The number of methoxy groups -OCH3 is 1. The predicted molar refractivity (Wildman–Crippen MR) is 104 cm³/mol. The van der Waals surface area contributed by atoms with Gasteiger partial charge in [0, 0.05) is 19.7 Å². The summed E-state index contributed by atoms with van der Waals surface area (Å²) in [6.45, 7) is 7.63. The van der Waals surface area contributed by atoms with Crippen molar-refractivity contribution in [3.05, 3.63) is 0 Å². The molecule has 1 rings (SSSR count). The fourth-order valence-electron chi connectivity index (χ4n) is 3.54. The lowest BCUT2D eigenvalue weighted by molar-refractivity contribution is -0.142. The van der Waals surface area contributed by atoms with Gasteiger partial charge in [-0.15, -0.1) is 0 Å². The van der Waals surface area contributed by atoms with Crippen LogP contribution in [0.5, 0.6) is 0 Å². The zero-order chi connectivity index (χ0) is 21.5. The molecular formula is C19H35N3O6. The summed E-state index contributed by atoms with van der Waals surface area (Å²) in [7, 11) is 1.45. The number of nitrogens with one attached hydrogen (secondary N) is 1. The van der Waals surface area contributed by atoms with E-state index in [1.54, 1.807) is 20.8 Å². The van der Waals surface area contributed by atoms with Gasteiger partial charge in [-0.2, -0.15) is 0 Å². The van der Waals surface area contributed by atoms with Gasteiger partial charge in [0.15, 0.2) is 0 Å². The number of amides is 2. The van der Waals surface area contributed by atoms with Crippen LogP contribution in [0.1, 0.15) is 53.4 Å². The maximum Gasteiger partial charge on any atom is 0.411 e. The van der Waals surface area contributed by atoms with Crippen LogP contribution in [-0.4, -0.2) is 72.0 Å². The van der Waals surface area contributed by atoms with Crippen LogP contribution in [0.4, 0.5) is 4.79 Å². The van der Waals surface area contributed by atoms with Crippen molar-refractivity contribution in [3.63, 3.8) is 0 Å². The van der Waals surface area contributed by atoms with Gasteiger partial charge in [-0.3, -0.25) is 9.69 Å². The number of carbonyl (C=O) groups excluding carboxylic acids is 2. The molecule has 9 heteroatoms. The average molecular weight is 402 g/mol. The SMILES string of the molecule is CCCC(CNC(=O)COC)CC1C(N)CC(C(=O)O)N1C(=O)OC(C)(C)C. The highest BCUT2D eigenvalue weighted by Crippen LogP contribution is 2.31. The van der Waals surface area contributed by atoms with E-state index >= 15 is 0 Å². The number of likely N-dealkylation sites (tertiary alicyclic amines) is 1. The highest BCUT2D eigenvalue weighted by Gasteiger charge is 2.47. The fourth-order valence-corrected chi connectivity index (χ4v) is 3.54. The molecule has 2 amide bonds. The second-order valence-electron chi connectivity index (χ2n) is 8.34. The summed E-state index contributed by atoms with van der Waals surface area (Å²) < 4.78 is 10.2. The Kier molecular flexibility index (Phi) is 9.16. The Bertz CT molecular complexity index is 548. The Balaban J connectivity index is 2.95. The van der Waals surface area contributed by atoms with E-state index in [1.165, 1.54) is 12.0 Å². The first-order valence-corrected chi connectivity index (χ1v) is 9.75. The minimum atomic E-state index is -1.09. The number of nitrogens with zero attached hydrogens (tertiary/aromatic N) is 1. The number of carboxylic acid groups (broad SMARTS) is 1. The number of carboxylic acids is 1. The quantitative estimate of drug-likeness (QED) is 0.531. The van der Waals surface area contributed by atoms with E-state index in [9.17, 15) is 19.5 Å². The molecule has 0 aromatic heterocycles. The highest BCUT2D eigenvalue weighted by molar-refractivity contribution is 5.81. The molecule has 9 nitrogen and oxygen atoms in total. The Morgan fingerprint density at radius 1 is 1.32 bits per heavy atom. The van der Waals surface area contributed by atoms with Crippen molar-refractivity contribution >= 4 is 18.0 Å². The molecule has 0 bridgehead atoms. The minimum absolute atomic E-state index is 0.0209. The molecule has 162 valence electrons. The van der Waals surface area contributed by atoms with Crippen LogP contribution in [0.3, 0.4) is 0 Å². The van der Waals surface area contributed by atoms with Crippen molar-refractivity contribution in [2.24, 2.45) is 11.7 Å². The maximum absolute atomic E-state index is 12.7. The maximum atomic E-state index is 12.7. The van der Waals surface area contributed by atoms with Crippen molar-refractivity contribution in [2.45, 2.75) is 77.1 Å². The second-order valence-corrected chi connectivity index (χ2v) is 8.34. The van der Waals surface area contributed by atoms with E-state index in [-0.39, 0.29) is 24.9 Å². The summed E-state index contributed by atoms with van der Waals surface area (Å²) in [4.78, 5) is 37.4. The van der Waals surface area contributed by atoms with E-state index in [1.807, 2.05) is 6.92 Å². The topological polar surface area (TPSA) is 131 Å². The molecule has 4 N–H and O–H groups in total. The molecule has 4 atom stereocenters. The number of aliphatic carboxylic acids is 1. The van der Waals surface area contributed by atoms with Crippen LogP contribution in [0, 0.1) is 5.92 Å². The molecule has 1 fully saturated rings. The molecular weight excluding hydrogens is 366 g/mol. The number of hydrogen-bond donors (Lipinski definition) is 3. The molecule has 1 aliphatic rings. The number of rotatable bonds is 9. The van der Waals surface area contributed by atoms with Crippen molar-refractivity contribution in [1.29, 1.82) is 0 Å². The summed E-state index contributed by atoms with van der Waals surface area (Å²) in [5, 5.41) is 12.4. The van der Waals surface area contributed by atoms with E-state index < -0.39 is 35.8 Å². The Morgan fingerprint density at radius 3 is 2.46 bits per heavy atom. The first-order chi connectivity index (χ1) is 13.0. The van der Waals surface area contributed by atoms with E-state index in [2.05, 4.69) is 5.32 Å². The molecule has 1 aliphatic heterocycles. The summed E-state index contributed by atoms with van der Waals surface area (Å²) in [5.74, 6) is -1.25. The highest BCUT2D eigenvalue weighted by atomic mass is 16.6. The normalized spacial score (nSPS) is 23.4. The van der Waals surface area contributed by atoms with E-state index in [0.29, 0.717) is 13.0 Å². The molecule has 0 aliphatic carbocycles. The third kappa shape index (κ3) is 7.27. The first kappa shape index (κ1) is 24.2. The van der Waals surface area contributed by atoms with Crippen molar-refractivity contribution in [1.82, 2.24) is 10.2 Å². The zero-order valence-corrected chi connectivity index (χ0v) is 17.6. The molecule has 1 heterocycles. The Morgan fingerprint density at radius 2 is 1.96 bits per heavy atom. The smallest absolute Gasteiger partial charge is 0.411 e. The third-order valence-electron chi connectivity index (χ3n) is 4.71. The zero-order valence-electron chi connectivity index (χ0n) is 17.6. The molecule has 0 spiro atoms. The summed E-state index contributed by atoms with van der Waals surface area (Å²) in [6, 6.07) is -1.95. The largest absolute Gasteiger partial charge is 0.480 e. The van der Waals surface area contributed by atoms with Crippen molar-refractivity contribution in [3.8, 4) is 0 Å². The average Bonchev–Trinajstić information content (AvgIpc) is 2.88. The fraction of sp³-hybridized carbons (Fsp3) is 0.842. The third-order valence-corrected chi connectivity index (χ3v) is 4.71. The van der Waals surface area contributed by atoms with Crippen LogP contribution < -0.4 is 11.1 Å². The summed E-state index contributed by atoms with van der Waals surface area (Å²) >= 11 is 0. The van der Waals surface area contributed by atoms with Crippen molar-refractivity contribution < 1.29 is 29.0 Å². The monoisotopic (exact) mass is 401 g/mol. The standard InChI is InChI=1S/C19H35N3O6/c1-6-7-12(10-21-16(23)11-27-5)8-14-13(20)9-15(17(24)25)22(14)18(26)28-19(2,3)4/h12-15H,6-11,20H2,1-5H3,(H,21,23)(H,24,25). The lowest BCUT2D eigenvalue weighted by atomic mass is 9.92. The Labute approximate surface area is 166 Å². The van der Waals surface area contributed by atoms with Crippen LogP contribution in [0.25, 0.3) is 0 Å². The number of ether oxygens (including phenoxy) is 2. The van der Waals surface area contributed by atoms with E-state index in [4.69, 9.17) is 15.2 Å². The first-order valence-electron chi connectivity index (χ1n) is 9.75. The molecule has 0 aromatic carbocycles. The van der Waals surface area contributed by atoms with Gasteiger partial charge in [0.25, 0.3) is 0 Å². The molecule has 4 unspecified atom stereocenters. The van der Waals surface area contributed by atoms with Crippen molar-refractivity contribution in [2.75, 3.05) is 20.3 Å². The predicted octanol–water partition coefficient (Wildman–Crippen LogP) is 1.35. The molecule has 0 aromatic rings. The van der Waals surface area contributed by atoms with Gasteiger partial charge >= 0.3 is 12.1 Å². The minimum Gasteiger partial charge on any atom is -0.480 e. The van der Waals surface area contributed by atoms with Crippen LogP contribution in [0.15, 0.2) is 0 Å². The van der Waals surface area contributed by atoms with Gasteiger partial charge in [0.2, 0.25) is 5.91 Å². The number of carbonyl (C=O) groups is 3. The van der Waals surface area contributed by atoms with E-state index in [0.717, 1.165) is 12.8 Å². The lowest BCUT2D eigenvalue weighted by Gasteiger charge is -2.33.